The van der Waals surface area contributed by atoms with E-state index in [0.717, 1.165) is 5.56 Å². The lowest BCUT2D eigenvalue weighted by atomic mass is 10.0. The molecule has 0 aliphatic carbocycles. The van der Waals surface area contributed by atoms with Crippen molar-refractivity contribution in [2.24, 2.45) is 0 Å². The van der Waals surface area contributed by atoms with E-state index in [4.69, 9.17) is 11.6 Å². The number of hydrogen-bond donors (Lipinski definition) is 0. The SMILES string of the molecule is O=C(C[C@@H](c1ccccc1Cl)P(=O)(c1ccccc1)c1ccccc1)c1ccccc1. The van der Waals surface area contributed by atoms with Gasteiger partial charge in [-0.05, 0) is 11.6 Å². The topological polar surface area (TPSA) is 34.1 Å². The molecule has 0 unspecified atom stereocenters. The van der Waals surface area contributed by atoms with Crippen LogP contribution in [0.25, 0.3) is 0 Å². The number of carbonyl (C=O) groups is 1. The third-order valence-corrected chi connectivity index (χ3v) is 9.27. The summed E-state index contributed by atoms with van der Waals surface area (Å²) in [6.45, 7) is 0. The Balaban J connectivity index is 1.92. The van der Waals surface area contributed by atoms with Crippen LogP contribution in [-0.2, 0) is 4.57 Å². The van der Waals surface area contributed by atoms with E-state index < -0.39 is 12.8 Å². The van der Waals surface area contributed by atoms with E-state index in [2.05, 4.69) is 0 Å². The Morgan fingerprint density at radius 1 is 0.677 bits per heavy atom. The summed E-state index contributed by atoms with van der Waals surface area (Å²) in [7, 11) is -3.26. The predicted octanol–water partition coefficient (Wildman–Crippen LogP) is 6.67. The van der Waals surface area contributed by atoms with Gasteiger partial charge >= 0.3 is 0 Å². The minimum absolute atomic E-state index is 0.0578. The Hall–Kier alpha value is -2.93. The van der Waals surface area contributed by atoms with Gasteiger partial charge in [0.05, 0.1) is 5.66 Å². The lowest BCUT2D eigenvalue weighted by Gasteiger charge is -2.29. The molecule has 4 aromatic carbocycles. The second kappa shape index (κ2) is 9.47. The number of carbonyl (C=O) groups excluding carboxylic acids is 1. The van der Waals surface area contributed by atoms with Crippen LogP contribution < -0.4 is 10.6 Å². The van der Waals surface area contributed by atoms with Crippen LogP contribution in [0.4, 0.5) is 0 Å². The van der Waals surface area contributed by atoms with Gasteiger partial charge in [0.25, 0.3) is 0 Å². The first-order valence-corrected chi connectivity index (χ1v) is 12.3. The predicted molar refractivity (Wildman–Crippen MR) is 129 cm³/mol. The van der Waals surface area contributed by atoms with Crippen molar-refractivity contribution in [3.63, 3.8) is 0 Å². The Bertz CT molecular complexity index is 1160. The van der Waals surface area contributed by atoms with Gasteiger partial charge in [-0.25, -0.2) is 0 Å². The fraction of sp³-hybridized carbons (Fsp3) is 0.0741. The normalized spacial score (nSPS) is 12.3. The molecule has 0 amide bonds. The smallest absolute Gasteiger partial charge is 0.163 e. The van der Waals surface area contributed by atoms with Gasteiger partial charge in [0.2, 0.25) is 0 Å². The summed E-state index contributed by atoms with van der Waals surface area (Å²) in [5.74, 6) is -0.0578. The second-order valence-corrected chi connectivity index (χ2v) is 10.7. The van der Waals surface area contributed by atoms with Gasteiger partial charge in [0.15, 0.2) is 12.9 Å². The van der Waals surface area contributed by atoms with Crippen molar-refractivity contribution in [1.29, 1.82) is 0 Å². The Morgan fingerprint density at radius 3 is 1.65 bits per heavy atom. The first kappa shape index (κ1) is 21.3. The molecule has 0 fully saturated rings. The highest BCUT2D eigenvalue weighted by atomic mass is 35.5. The molecule has 154 valence electrons. The van der Waals surface area contributed by atoms with Crippen LogP contribution in [0.1, 0.15) is 28.0 Å². The van der Waals surface area contributed by atoms with Gasteiger partial charge in [0, 0.05) is 27.6 Å². The maximum Gasteiger partial charge on any atom is 0.163 e. The summed E-state index contributed by atoms with van der Waals surface area (Å²) in [4.78, 5) is 13.3. The molecule has 0 heterocycles. The van der Waals surface area contributed by atoms with Gasteiger partial charge < -0.3 is 4.57 Å². The number of benzene rings is 4. The van der Waals surface area contributed by atoms with Crippen LogP contribution in [-0.4, -0.2) is 5.78 Å². The van der Waals surface area contributed by atoms with Gasteiger partial charge in [-0.3, -0.25) is 4.79 Å². The first-order valence-electron chi connectivity index (χ1n) is 10.1. The molecule has 0 aliphatic rings. The Labute approximate surface area is 187 Å². The van der Waals surface area contributed by atoms with Crippen molar-refractivity contribution >= 4 is 35.1 Å². The summed E-state index contributed by atoms with van der Waals surface area (Å²) in [5.41, 5.74) is 0.746. The second-order valence-electron chi connectivity index (χ2n) is 7.36. The van der Waals surface area contributed by atoms with E-state index in [1.807, 2.05) is 97.1 Å². The fourth-order valence-electron chi connectivity index (χ4n) is 3.91. The lowest BCUT2D eigenvalue weighted by molar-refractivity contribution is 0.0981. The zero-order valence-corrected chi connectivity index (χ0v) is 18.5. The molecule has 0 radical (unpaired) electrons. The number of ketones is 1. The molecule has 0 spiro atoms. The monoisotopic (exact) mass is 444 g/mol. The Kier molecular flexibility index (Phi) is 6.51. The maximum absolute atomic E-state index is 15.0. The number of halogens is 1. The molecule has 0 saturated carbocycles. The molecular weight excluding hydrogens is 423 g/mol. The fourth-order valence-corrected chi connectivity index (χ4v) is 7.54. The highest BCUT2D eigenvalue weighted by Crippen LogP contribution is 2.60. The zero-order valence-electron chi connectivity index (χ0n) is 16.9. The molecule has 2 nitrogen and oxygen atoms in total. The van der Waals surface area contributed by atoms with E-state index in [-0.39, 0.29) is 12.2 Å². The number of rotatable bonds is 7. The van der Waals surface area contributed by atoms with Crippen molar-refractivity contribution < 1.29 is 9.36 Å². The molecule has 4 heteroatoms. The minimum Gasteiger partial charge on any atom is -0.313 e. The zero-order chi connectivity index (χ0) is 21.7. The summed E-state index contributed by atoms with van der Waals surface area (Å²) in [5, 5.41) is 1.94. The van der Waals surface area contributed by atoms with Gasteiger partial charge in [-0.15, -0.1) is 0 Å². The van der Waals surface area contributed by atoms with E-state index in [9.17, 15) is 4.79 Å². The van der Waals surface area contributed by atoms with Gasteiger partial charge in [-0.2, -0.15) is 0 Å². The number of Topliss-reactive ketones (excluding diaryl/α,β-unsaturated/α-hetero) is 1. The van der Waals surface area contributed by atoms with Crippen molar-refractivity contribution in [1.82, 2.24) is 0 Å². The van der Waals surface area contributed by atoms with Crippen molar-refractivity contribution in [2.75, 3.05) is 0 Å². The lowest BCUT2D eigenvalue weighted by Crippen LogP contribution is -2.23. The summed E-state index contributed by atoms with van der Waals surface area (Å²) < 4.78 is 15.0. The Morgan fingerprint density at radius 2 is 1.13 bits per heavy atom. The molecule has 31 heavy (non-hydrogen) atoms. The molecule has 0 aromatic heterocycles. The molecule has 1 atom stereocenters. The third kappa shape index (κ3) is 4.42. The maximum atomic E-state index is 15.0. The van der Waals surface area contributed by atoms with Crippen molar-refractivity contribution in [2.45, 2.75) is 12.1 Å². The van der Waals surface area contributed by atoms with E-state index in [1.54, 1.807) is 18.2 Å². The molecule has 4 rings (SSSR count). The van der Waals surface area contributed by atoms with Crippen LogP contribution in [0.3, 0.4) is 0 Å². The van der Waals surface area contributed by atoms with Gasteiger partial charge in [-0.1, -0.05) is 121 Å². The molecule has 0 aliphatic heterocycles. The summed E-state index contributed by atoms with van der Waals surface area (Å²) in [6, 6.07) is 35.4. The van der Waals surface area contributed by atoms with E-state index in [0.29, 0.717) is 21.2 Å². The molecular formula is C27H22ClO2P. The largest absolute Gasteiger partial charge is 0.313 e. The average Bonchev–Trinajstić information content (AvgIpc) is 2.84. The summed E-state index contributed by atoms with van der Waals surface area (Å²) in [6.07, 6.45) is 0.0921. The highest BCUT2D eigenvalue weighted by molar-refractivity contribution is 7.79. The van der Waals surface area contributed by atoms with Crippen molar-refractivity contribution in [3.05, 3.63) is 131 Å². The van der Waals surface area contributed by atoms with Gasteiger partial charge in [0.1, 0.15) is 0 Å². The van der Waals surface area contributed by atoms with E-state index >= 15 is 4.57 Å². The third-order valence-electron chi connectivity index (χ3n) is 5.46. The van der Waals surface area contributed by atoms with Crippen LogP contribution >= 0.6 is 18.7 Å². The first-order chi connectivity index (χ1) is 15.1. The van der Waals surface area contributed by atoms with Crippen LogP contribution in [0.2, 0.25) is 5.02 Å². The number of hydrogen-bond acceptors (Lipinski definition) is 2. The van der Waals surface area contributed by atoms with Crippen LogP contribution in [0, 0.1) is 0 Å². The van der Waals surface area contributed by atoms with Crippen LogP contribution in [0.5, 0.6) is 0 Å². The average molecular weight is 445 g/mol. The molecule has 0 saturated heterocycles. The molecule has 4 aromatic rings. The summed E-state index contributed by atoms with van der Waals surface area (Å²) >= 11 is 6.60. The van der Waals surface area contributed by atoms with Crippen LogP contribution in [0.15, 0.2) is 115 Å². The molecule has 0 bridgehead atoms. The highest BCUT2D eigenvalue weighted by Gasteiger charge is 2.39. The minimum atomic E-state index is -3.26. The standard InChI is InChI=1S/C27H22ClO2P/c28-25-19-11-10-18-24(25)27(20-26(29)21-12-4-1-5-13-21)31(30,22-14-6-2-7-15-22)23-16-8-3-9-17-23/h1-19,27H,20H2/t27-/m0/s1. The van der Waals surface area contributed by atoms with Crippen molar-refractivity contribution in [3.8, 4) is 0 Å². The van der Waals surface area contributed by atoms with E-state index in [1.165, 1.54) is 0 Å². The molecule has 0 N–H and O–H groups in total. The quantitative estimate of drug-likeness (QED) is 0.236.